The highest BCUT2D eigenvalue weighted by molar-refractivity contribution is 9.10. The van der Waals surface area contributed by atoms with Crippen molar-refractivity contribution >= 4 is 45.0 Å². The smallest absolute Gasteiger partial charge is 0.342 e. The number of nitrogens with zero attached hydrogens (tertiary/aromatic N) is 2. The zero-order chi connectivity index (χ0) is 20.2. The van der Waals surface area contributed by atoms with Crippen LogP contribution in [0, 0.1) is 10.1 Å². The summed E-state index contributed by atoms with van der Waals surface area (Å²) in [6.07, 6.45) is 0. The number of hydrogen-bond donors (Lipinski definition) is 0. The molecule has 0 bridgehead atoms. The molecule has 7 nitrogen and oxygen atoms in total. The maximum atomic E-state index is 11.9. The van der Waals surface area contributed by atoms with E-state index in [2.05, 4.69) is 15.9 Å². The van der Waals surface area contributed by atoms with Crippen molar-refractivity contribution in [1.82, 2.24) is 4.90 Å². The normalized spacial score (nSPS) is 8.80. The van der Waals surface area contributed by atoms with Gasteiger partial charge in [-0.3, -0.25) is 10.1 Å². The van der Waals surface area contributed by atoms with E-state index in [4.69, 9.17) is 21.7 Å². The fourth-order valence-corrected chi connectivity index (χ4v) is 1.89. The molecule has 9 heteroatoms. The second kappa shape index (κ2) is 13.5. The zero-order valence-electron chi connectivity index (χ0n) is 15.6. The first-order chi connectivity index (χ1) is 11.8. The fraction of sp³-hybridized carbons (Fsp3) is 0.500. The monoisotopic (exact) mass is 436 g/mol. The Morgan fingerprint density at radius 3 is 2.20 bits per heavy atom. The molecule has 0 heterocycles. The molecular formula is C16H25BrN2O5S. The van der Waals surface area contributed by atoms with Crippen molar-refractivity contribution in [3.05, 3.63) is 32.3 Å². The van der Waals surface area contributed by atoms with Gasteiger partial charge in [0.25, 0.3) is 5.17 Å². The van der Waals surface area contributed by atoms with Crippen LogP contribution in [0.25, 0.3) is 0 Å². The van der Waals surface area contributed by atoms with E-state index in [1.165, 1.54) is 17.0 Å². The second-order valence-electron chi connectivity index (χ2n) is 4.04. The van der Waals surface area contributed by atoms with Crippen LogP contribution in [-0.2, 0) is 4.74 Å². The molecule has 0 amide bonds. The van der Waals surface area contributed by atoms with E-state index in [1.807, 2.05) is 27.7 Å². The average Bonchev–Trinajstić information content (AvgIpc) is 2.59. The fourth-order valence-electron chi connectivity index (χ4n) is 1.36. The van der Waals surface area contributed by atoms with Gasteiger partial charge in [-0.05, 0) is 25.2 Å². The number of carbonyl (C=O) groups is 1. The molecule has 0 fully saturated rings. The summed E-state index contributed by atoms with van der Waals surface area (Å²) in [5.41, 5.74) is -0.446. The SMILES string of the molecule is CC.CC.CCOC(=O)c1cc(Br)cc([N+](=O)[O-])c1OC(=S)N(C)C. The number of carbonyl (C=O) groups excluding carboxylic acids is 1. The van der Waals surface area contributed by atoms with E-state index in [1.54, 1.807) is 21.0 Å². The van der Waals surface area contributed by atoms with Crippen LogP contribution < -0.4 is 4.74 Å². The molecule has 0 saturated carbocycles. The van der Waals surface area contributed by atoms with Gasteiger partial charge in [-0.15, -0.1) is 0 Å². The molecule has 1 aromatic rings. The summed E-state index contributed by atoms with van der Waals surface area (Å²) in [5, 5.41) is 11.1. The number of ether oxygens (including phenoxy) is 2. The van der Waals surface area contributed by atoms with Crippen molar-refractivity contribution < 1.29 is 19.2 Å². The second-order valence-corrected chi connectivity index (χ2v) is 5.31. The Morgan fingerprint density at radius 2 is 1.80 bits per heavy atom. The van der Waals surface area contributed by atoms with Crippen LogP contribution in [0.4, 0.5) is 5.69 Å². The van der Waals surface area contributed by atoms with Crippen LogP contribution in [0.5, 0.6) is 5.75 Å². The highest BCUT2D eigenvalue weighted by Crippen LogP contribution is 2.35. The average molecular weight is 437 g/mol. The Labute approximate surface area is 162 Å². The minimum atomic E-state index is -0.724. The Morgan fingerprint density at radius 1 is 1.28 bits per heavy atom. The lowest BCUT2D eigenvalue weighted by molar-refractivity contribution is -0.385. The number of benzene rings is 1. The molecule has 0 unspecified atom stereocenters. The molecule has 25 heavy (non-hydrogen) atoms. The molecule has 1 aromatic carbocycles. The Bertz CT molecular complexity index is 594. The molecule has 0 spiro atoms. The van der Waals surface area contributed by atoms with E-state index in [0.29, 0.717) is 4.47 Å². The van der Waals surface area contributed by atoms with Crippen LogP contribution in [-0.4, -0.2) is 41.7 Å². The highest BCUT2D eigenvalue weighted by atomic mass is 79.9. The number of nitro benzene ring substituents is 1. The molecule has 0 aliphatic heterocycles. The summed E-state index contributed by atoms with van der Waals surface area (Å²) in [6.45, 7) is 9.77. The van der Waals surface area contributed by atoms with Gasteiger partial charge in [0, 0.05) is 24.6 Å². The summed E-state index contributed by atoms with van der Waals surface area (Å²) in [6, 6.07) is 2.62. The van der Waals surface area contributed by atoms with Crippen LogP contribution in [0.1, 0.15) is 45.0 Å². The van der Waals surface area contributed by atoms with E-state index < -0.39 is 10.9 Å². The van der Waals surface area contributed by atoms with Gasteiger partial charge in [0.15, 0.2) is 0 Å². The van der Waals surface area contributed by atoms with E-state index in [0.717, 1.165) is 0 Å². The van der Waals surface area contributed by atoms with Gasteiger partial charge in [-0.1, -0.05) is 43.6 Å². The molecule has 0 atom stereocenters. The molecular weight excluding hydrogens is 412 g/mol. The summed E-state index contributed by atoms with van der Waals surface area (Å²) >= 11 is 8.09. The molecule has 142 valence electrons. The van der Waals surface area contributed by atoms with Crippen molar-refractivity contribution in [2.45, 2.75) is 34.6 Å². The van der Waals surface area contributed by atoms with Crippen molar-refractivity contribution in [2.75, 3.05) is 20.7 Å². The zero-order valence-corrected chi connectivity index (χ0v) is 18.0. The molecule has 0 radical (unpaired) electrons. The number of halogens is 1. The molecule has 0 saturated heterocycles. The Kier molecular flexibility index (Phi) is 13.8. The van der Waals surface area contributed by atoms with E-state index in [-0.39, 0.29) is 28.8 Å². The third kappa shape index (κ3) is 8.26. The molecule has 0 aromatic heterocycles. The standard InChI is InChI=1S/C12H13BrN2O5S.2C2H6/c1-4-19-11(16)8-5-7(13)6-9(15(17)18)10(8)20-12(21)14(2)3;2*1-2/h5-6H,4H2,1-3H3;2*1-2H3. The number of esters is 1. The van der Waals surface area contributed by atoms with Gasteiger partial charge in [0.2, 0.25) is 5.75 Å². The lowest BCUT2D eigenvalue weighted by Gasteiger charge is -2.16. The molecule has 0 N–H and O–H groups in total. The van der Waals surface area contributed by atoms with Crippen LogP contribution >= 0.6 is 28.1 Å². The van der Waals surface area contributed by atoms with Crippen molar-refractivity contribution in [2.24, 2.45) is 0 Å². The summed E-state index contributed by atoms with van der Waals surface area (Å²) in [7, 11) is 3.24. The van der Waals surface area contributed by atoms with Gasteiger partial charge in [-0.25, -0.2) is 4.79 Å². The largest absolute Gasteiger partial charge is 0.462 e. The predicted molar refractivity (Wildman–Crippen MR) is 106 cm³/mol. The van der Waals surface area contributed by atoms with Crippen molar-refractivity contribution in [3.8, 4) is 5.75 Å². The van der Waals surface area contributed by atoms with Gasteiger partial charge in [0.1, 0.15) is 5.56 Å². The predicted octanol–water partition coefficient (Wildman–Crippen LogP) is 4.81. The highest BCUT2D eigenvalue weighted by Gasteiger charge is 2.27. The molecule has 0 aliphatic rings. The number of thiocarbonyl (C=S) groups is 1. The maximum Gasteiger partial charge on any atom is 0.342 e. The number of rotatable bonds is 4. The van der Waals surface area contributed by atoms with Gasteiger partial charge >= 0.3 is 11.7 Å². The maximum absolute atomic E-state index is 11.9. The Balaban J connectivity index is 0. The first-order valence-electron chi connectivity index (χ1n) is 7.82. The van der Waals surface area contributed by atoms with E-state index >= 15 is 0 Å². The number of hydrogen-bond acceptors (Lipinski definition) is 6. The molecule has 1 rings (SSSR count). The van der Waals surface area contributed by atoms with Gasteiger partial charge in [-0.2, -0.15) is 0 Å². The van der Waals surface area contributed by atoms with Crippen LogP contribution in [0.15, 0.2) is 16.6 Å². The third-order valence-electron chi connectivity index (χ3n) is 2.28. The summed E-state index contributed by atoms with van der Waals surface area (Å²) < 4.78 is 10.6. The first kappa shape index (κ1) is 25.5. The van der Waals surface area contributed by atoms with Crippen LogP contribution in [0.3, 0.4) is 0 Å². The minimum absolute atomic E-state index is 0.00836. The third-order valence-corrected chi connectivity index (χ3v) is 3.19. The van der Waals surface area contributed by atoms with Crippen molar-refractivity contribution in [3.63, 3.8) is 0 Å². The lowest BCUT2D eigenvalue weighted by atomic mass is 10.1. The topological polar surface area (TPSA) is 81.9 Å². The minimum Gasteiger partial charge on any atom is -0.462 e. The lowest BCUT2D eigenvalue weighted by Crippen LogP contribution is -2.26. The van der Waals surface area contributed by atoms with Crippen molar-refractivity contribution in [1.29, 1.82) is 0 Å². The first-order valence-corrected chi connectivity index (χ1v) is 9.02. The molecule has 0 aliphatic carbocycles. The van der Waals surface area contributed by atoms with Crippen LogP contribution in [0.2, 0.25) is 0 Å². The van der Waals surface area contributed by atoms with E-state index in [9.17, 15) is 14.9 Å². The Hall–Kier alpha value is -1.74. The summed E-state index contributed by atoms with van der Waals surface area (Å²) in [4.78, 5) is 23.9. The van der Waals surface area contributed by atoms with Gasteiger partial charge < -0.3 is 14.4 Å². The van der Waals surface area contributed by atoms with Gasteiger partial charge in [0.05, 0.1) is 11.5 Å². The summed E-state index contributed by atoms with van der Waals surface area (Å²) in [5.74, 6) is -0.959. The number of nitro groups is 1. The quantitative estimate of drug-likeness (QED) is 0.289.